The maximum Gasteiger partial charge on any atom is 0.205 e. The SMILES string of the molecule is CC1(C)CC(=O)CC2(C1)Oc1ccc(Cl)cc1C1CC(c3ccc(Cl)cc3)=NN12. The smallest absolute Gasteiger partial charge is 0.205 e. The Kier molecular flexibility index (Phi) is 4.24. The summed E-state index contributed by atoms with van der Waals surface area (Å²) in [4.78, 5) is 12.7. The minimum absolute atomic E-state index is 0.00942. The van der Waals surface area contributed by atoms with E-state index in [0.717, 1.165) is 35.4 Å². The van der Waals surface area contributed by atoms with Crippen LogP contribution < -0.4 is 4.74 Å². The van der Waals surface area contributed by atoms with Crippen molar-refractivity contribution in [1.29, 1.82) is 0 Å². The zero-order valence-corrected chi connectivity index (χ0v) is 17.9. The standard InChI is InChI=1S/C23H22Cl2N2O2/c1-22(2)11-17(28)12-23(13-22)27-20(18-9-16(25)7-8-21(18)29-23)10-19(26-27)14-3-5-15(24)6-4-14/h3-9,20H,10-13H2,1-2H3. The molecule has 0 saturated heterocycles. The lowest BCUT2D eigenvalue weighted by Crippen LogP contribution is -2.59. The van der Waals surface area contributed by atoms with Crippen molar-refractivity contribution < 1.29 is 9.53 Å². The number of fused-ring (bicyclic) bond motifs is 4. The van der Waals surface area contributed by atoms with E-state index in [1.54, 1.807) is 0 Å². The Morgan fingerprint density at radius 1 is 1.07 bits per heavy atom. The Morgan fingerprint density at radius 2 is 1.79 bits per heavy atom. The number of ether oxygens (including phenoxy) is 1. The van der Waals surface area contributed by atoms with Crippen molar-refractivity contribution in [3.05, 3.63) is 63.6 Å². The quantitative estimate of drug-likeness (QED) is 0.557. The summed E-state index contributed by atoms with van der Waals surface area (Å²) < 4.78 is 6.56. The van der Waals surface area contributed by atoms with Gasteiger partial charge in [0.05, 0.1) is 18.2 Å². The molecule has 1 fully saturated rings. The number of hydrogen-bond donors (Lipinski definition) is 0. The second-order valence-electron chi connectivity index (χ2n) is 9.08. The fraction of sp³-hybridized carbons (Fsp3) is 0.391. The van der Waals surface area contributed by atoms with Crippen LogP contribution in [0, 0.1) is 5.41 Å². The Morgan fingerprint density at radius 3 is 2.52 bits per heavy atom. The van der Waals surface area contributed by atoms with E-state index in [0.29, 0.717) is 22.9 Å². The van der Waals surface area contributed by atoms with E-state index in [9.17, 15) is 4.79 Å². The van der Waals surface area contributed by atoms with Gasteiger partial charge in [-0.2, -0.15) is 5.10 Å². The summed E-state index contributed by atoms with van der Waals surface area (Å²) in [6.07, 6.45) is 2.38. The summed E-state index contributed by atoms with van der Waals surface area (Å²) in [7, 11) is 0. The lowest BCUT2D eigenvalue weighted by atomic mass is 9.71. The van der Waals surface area contributed by atoms with E-state index < -0.39 is 5.72 Å². The van der Waals surface area contributed by atoms with E-state index >= 15 is 0 Å². The first kappa shape index (κ1) is 19.0. The largest absolute Gasteiger partial charge is 0.466 e. The molecule has 0 bridgehead atoms. The molecule has 2 heterocycles. The Hall–Kier alpha value is -2.04. The van der Waals surface area contributed by atoms with E-state index in [2.05, 4.69) is 13.8 Å². The molecule has 4 nitrogen and oxygen atoms in total. The van der Waals surface area contributed by atoms with Crippen molar-refractivity contribution in [2.45, 2.75) is 51.3 Å². The topological polar surface area (TPSA) is 41.9 Å². The second-order valence-corrected chi connectivity index (χ2v) is 9.95. The third-order valence-electron chi connectivity index (χ3n) is 6.04. The van der Waals surface area contributed by atoms with Gasteiger partial charge < -0.3 is 4.74 Å². The van der Waals surface area contributed by atoms with Crippen molar-refractivity contribution in [3.8, 4) is 5.75 Å². The third-order valence-corrected chi connectivity index (χ3v) is 6.53. The number of halogens is 2. The van der Waals surface area contributed by atoms with Crippen LogP contribution in [0.1, 0.15) is 56.7 Å². The molecule has 0 amide bonds. The molecule has 2 aromatic carbocycles. The van der Waals surface area contributed by atoms with Crippen LogP contribution >= 0.6 is 23.2 Å². The van der Waals surface area contributed by atoms with Crippen molar-refractivity contribution in [2.24, 2.45) is 10.5 Å². The normalized spacial score (nSPS) is 27.3. The molecule has 1 saturated carbocycles. The number of carbonyl (C=O) groups is 1. The third kappa shape index (κ3) is 3.23. The highest BCUT2D eigenvalue weighted by Crippen LogP contribution is 2.54. The van der Waals surface area contributed by atoms with Crippen LogP contribution in [0.5, 0.6) is 5.75 Å². The number of hydrazone groups is 1. The molecule has 6 heteroatoms. The maximum atomic E-state index is 12.7. The van der Waals surface area contributed by atoms with Gasteiger partial charge in [0.25, 0.3) is 0 Å². The summed E-state index contributed by atoms with van der Waals surface area (Å²) in [5, 5.41) is 8.40. The molecule has 0 N–H and O–H groups in total. The van der Waals surface area contributed by atoms with Gasteiger partial charge in [-0.25, -0.2) is 5.01 Å². The molecular formula is C23H22Cl2N2O2. The molecule has 0 aromatic heterocycles. The van der Waals surface area contributed by atoms with Gasteiger partial charge in [-0.3, -0.25) is 4.79 Å². The van der Waals surface area contributed by atoms with Crippen LogP contribution in [0.2, 0.25) is 10.0 Å². The van der Waals surface area contributed by atoms with Crippen LogP contribution in [0.3, 0.4) is 0 Å². The first-order valence-corrected chi connectivity index (χ1v) is 10.6. The van der Waals surface area contributed by atoms with Gasteiger partial charge in [-0.1, -0.05) is 49.2 Å². The Balaban J connectivity index is 1.63. The minimum Gasteiger partial charge on any atom is -0.466 e. The number of hydrogen-bond acceptors (Lipinski definition) is 4. The Bertz CT molecular complexity index is 1030. The van der Waals surface area contributed by atoms with E-state index in [4.69, 9.17) is 33.0 Å². The average Bonchev–Trinajstić information content (AvgIpc) is 3.08. The molecule has 2 aromatic rings. The Labute approximate surface area is 180 Å². The van der Waals surface area contributed by atoms with Crippen molar-refractivity contribution in [1.82, 2.24) is 5.01 Å². The minimum atomic E-state index is -0.765. The number of ketones is 1. The van der Waals surface area contributed by atoms with E-state index in [1.807, 2.05) is 47.5 Å². The molecule has 0 radical (unpaired) electrons. The highest BCUT2D eigenvalue weighted by Gasteiger charge is 2.56. The van der Waals surface area contributed by atoms with Gasteiger partial charge in [0.15, 0.2) is 0 Å². The first-order chi connectivity index (χ1) is 13.7. The lowest BCUT2D eigenvalue weighted by Gasteiger charge is -2.52. The fourth-order valence-corrected chi connectivity index (χ4v) is 5.39. The van der Waals surface area contributed by atoms with E-state index in [1.165, 1.54) is 0 Å². The first-order valence-electron chi connectivity index (χ1n) is 9.88. The highest BCUT2D eigenvalue weighted by atomic mass is 35.5. The lowest BCUT2D eigenvalue weighted by molar-refractivity contribution is -0.171. The molecule has 2 aliphatic heterocycles. The molecule has 29 heavy (non-hydrogen) atoms. The maximum absolute atomic E-state index is 12.7. The fourth-order valence-electron chi connectivity index (χ4n) is 5.08. The van der Waals surface area contributed by atoms with Gasteiger partial charge in [0, 0.05) is 34.9 Å². The predicted molar refractivity (Wildman–Crippen MR) is 115 cm³/mol. The summed E-state index contributed by atoms with van der Waals surface area (Å²) in [5.74, 6) is 1.02. The van der Waals surface area contributed by atoms with Crippen LogP contribution in [0.4, 0.5) is 0 Å². The number of rotatable bonds is 1. The van der Waals surface area contributed by atoms with Gasteiger partial charge in [0.1, 0.15) is 11.5 Å². The molecule has 150 valence electrons. The van der Waals surface area contributed by atoms with Crippen LogP contribution in [-0.4, -0.2) is 22.2 Å². The molecule has 5 rings (SSSR count). The number of benzene rings is 2. The predicted octanol–water partition coefficient (Wildman–Crippen LogP) is 6.01. The number of Topliss-reactive ketones (excluding diaryl/α,β-unsaturated/α-hetero) is 1. The monoisotopic (exact) mass is 428 g/mol. The van der Waals surface area contributed by atoms with Crippen molar-refractivity contribution in [3.63, 3.8) is 0 Å². The number of carbonyl (C=O) groups excluding carboxylic acids is 1. The molecule has 1 aliphatic carbocycles. The average molecular weight is 429 g/mol. The molecule has 2 atom stereocenters. The summed E-state index contributed by atoms with van der Waals surface area (Å²) in [5.41, 5.74) is 2.11. The molecule has 1 spiro atoms. The summed E-state index contributed by atoms with van der Waals surface area (Å²) in [6.45, 7) is 4.25. The highest BCUT2D eigenvalue weighted by molar-refractivity contribution is 6.31. The molecule has 2 unspecified atom stereocenters. The van der Waals surface area contributed by atoms with Crippen molar-refractivity contribution in [2.75, 3.05) is 0 Å². The van der Waals surface area contributed by atoms with Gasteiger partial charge in [0.2, 0.25) is 5.72 Å². The van der Waals surface area contributed by atoms with Crippen LogP contribution in [0.15, 0.2) is 47.6 Å². The van der Waals surface area contributed by atoms with Gasteiger partial charge in [-0.05, 0) is 41.3 Å². The molecule has 3 aliphatic rings. The summed E-state index contributed by atoms with van der Waals surface area (Å²) in [6, 6.07) is 13.4. The van der Waals surface area contributed by atoms with Gasteiger partial charge >= 0.3 is 0 Å². The van der Waals surface area contributed by atoms with Crippen LogP contribution in [0.25, 0.3) is 0 Å². The van der Waals surface area contributed by atoms with Crippen molar-refractivity contribution >= 4 is 34.7 Å². The second kappa shape index (κ2) is 6.48. The number of nitrogens with zero attached hydrogens (tertiary/aromatic N) is 2. The molecular weight excluding hydrogens is 407 g/mol. The zero-order valence-electron chi connectivity index (χ0n) is 16.4. The van der Waals surface area contributed by atoms with Gasteiger partial charge in [-0.15, -0.1) is 0 Å². The zero-order chi connectivity index (χ0) is 20.4. The van der Waals surface area contributed by atoms with Crippen LogP contribution in [-0.2, 0) is 4.79 Å². The van der Waals surface area contributed by atoms with E-state index in [-0.39, 0.29) is 17.2 Å². The summed E-state index contributed by atoms with van der Waals surface area (Å²) >= 11 is 12.4.